The SMILES string of the molecule is CCOc1cc(C(CO)N(CCCCc2ccccc2)C(=O)NC2(C(=O)O)CC(F)(F)C2)cc(OCC)c1C. The highest BCUT2D eigenvalue weighted by atomic mass is 19.3. The van der Waals surface area contributed by atoms with Crippen LogP contribution in [0.1, 0.15) is 62.3 Å². The highest BCUT2D eigenvalue weighted by Crippen LogP contribution is 2.46. The lowest BCUT2D eigenvalue weighted by Gasteiger charge is -2.45. The number of benzene rings is 2. The first-order valence-electron chi connectivity index (χ1n) is 13.3. The Balaban J connectivity index is 1.90. The molecule has 1 unspecified atom stereocenters. The average molecular weight is 549 g/mol. The molecule has 3 rings (SSSR count). The van der Waals surface area contributed by atoms with Crippen LogP contribution < -0.4 is 14.8 Å². The summed E-state index contributed by atoms with van der Waals surface area (Å²) < 4.78 is 39.0. The van der Waals surface area contributed by atoms with Crippen LogP contribution in [0.3, 0.4) is 0 Å². The van der Waals surface area contributed by atoms with E-state index in [2.05, 4.69) is 5.32 Å². The van der Waals surface area contributed by atoms with Crippen LogP contribution in [0.15, 0.2) is 42.5 Å². The molecule has 39 heavy (non-hydrogen) atoms. The normalized spacial score (nSPS) is 16.1. The fourth-order valence-corrected chi connectivity index (χ4v) is 4.93. The number of nitrogens with zero attached hydrogens (tertiary/aromatic N) is 1. The van der Waals surface area contributed by atoms with Gasteiger partial charge in [0.25, 0.3) is 5.92 Å². The van der Waals surface area contributed by atoms with E-state index in [9.17, 15) is 28.6 Å². The number of rotatable bonds is 14. The van der Waals surface area contributed by atoms with Crippen molar-refractivity contribution in [2.45, 2.75) is 70.4 Å². The van der Waals surface area contributed by atoms with E-state index >= 15 is 0 Å². The van der Waals surface area contributed by atoms with Gasteiger partial charge in [0.2, 0.25) is 0 Å². The third kappa shape index (κ3) is 7.38. The van der Waals surface area contributed by atoms with Crippen molar-refractivity contribution in [3.05, 3.63) is 59.2 Å². The average Bonchev–Trinajstić information content (AvgIpc) is 2.87. The van der Waals surface area contributed by atoms with Crippen molar-refractivity contribution in [3.63, 3.8) is 0 Å². The molecule has 0 aliphatic heterocycles. The second kappa shape index (κ2) is 13.1. The molecule has 0 spiro atoms. The molecule has 1 saturated carbocycles. The molecular weight excluding hydrogens is 510 g/mol. The summed E-state index contributed by atoms with van der Waals surface area (Å²) in [5, 5.41) is 22.5. The van der Waals surface area contributed by atoms with Gasteiger partial charge in [-0.2, -0.15) is 0 Å². The van der Waals surface area contributed by atoms with Crippen molar-refractivity contribution in [3.8, 4) is 11.5 Å². The molecule has 10 heteroatoms. The molecule has 2 amide bonds. The summed E-state index contributed by atoms with van der Waals surface area (Å²) in [5.74, 6) is -3.62. The number of aliphatic hydroxyl groups is 1. The molecular formula is C29H38F2N2O6. The van der Waals surface area contributed by atoms with E-state index in [1.54, 1.807) is 12.1 Å². The zero-order valence-corrected chi connectivity index (χ0v) is 22.7. The molecule has 1 atom stereocenters. The predicted molar refractivity (Wildman–Crippen MR) is 143 cm³/mol. The maximum Gasteiger partial charge on any atom is 0.329 e. The number of hydrogen-bond donors (Lipinski definition) is 3. The Morgan fingerprint density at radius 3 is 2.13 bits per heavy atom. The van der Waals surface area contributed by atoms with Gasteiger partial charge in [-0.15, -0.1) is 0 Å². The number of hydrogen-bond acceptors (Lipinski definition) is 5. The smallest absolute Gasteiger partial charge is 0.329 e. The standard InChI is InChI=1S/C29H38F2N2O6/c1-4-38-24-15-22(16-25(20(24)3)39-5-2)23(17-34)33(14-10-9-13-21-11-7-6-8-12-21)27(37)32-28(26(35)36)18-29(30,31)19-28/h6-8,11-12,15-16,23,34H,4-5,9-10,13-14,17-19H2,1-3H3,(H,32,37)(H,35,36). The Labute approximate surface area is 227 Å². The number of carbonyl (C=O) groups excluding carboxylic acids is 1. The van der Waals surface area contributed by atoms with Crippen molar-refractivity contribution in [1.29, 1.82) is 0 Å². The van der Waals surface area contributed by atoms with Crippen molar-refractivity contribution in [2.75, 3.05) is 26.4 Å². The van der Waals surface area contributed by atoms with Gasteiger partial charge in [-0.25, -0.2) is 18.4 Å². The fraction of sp³-hybridized carbons (Fsp3) is 0.517. The van der Waals surface area contributed by atoms with Crippen LogP contribution in [0.4, 0.5) is 13.6 Å². The van der Waals surface area contributed by atoms with Crippen LogP contribution in [-0.4, -0.2) is 64.9 Å². The van der Waals surface area contributed by atoms with Gasteiger partial charge in [0.05, 0.1) is 25.9 Å². The quantitative estimate of drug-likeness (QED) is 0.283. The van der Waals surface area contributed by atoms with Crippen LogP contribution in [0.25, 0.3) is 0 Å². The Bertz CT molecular complexity index is 1090. The minimum absolute atomic E-state index is 0.164. The topological polar surface area (TPSA) is 108 Å². The van der Waals surface area contributed by atoms with E-state index in [0.717, 1.165) is 24.0 Å². The van der Waals surface area contributed by atoms with E-state index in [1.807, 2.05) is 51.1 Å². The van der Waals surface area contributed by atoms with Gasteiger partial charge in [-0.05, 0) is 63.3 Å². The third-order valence-corrected chi connectivity index (χ3v) is 6.96. The molecule has 1 fully saturated rings. The molecule has 2 aromatic rings. The zero-order valence-electron chi connectivity index (χ0n) is 22.7. The number of aliphatic hydroxyl groups excluding tert-OH is 1. The van der Waals surface area contributed by atoms with E-state index in [0.29, 0.717) is 36.7 Å². The molecule has 1 aliphatic carbocycles. The lowest BCUT2D eigenvalue weighted by Crippen LogP contribution is -2.68. The molecule has 3 N–H and O–H groups in total. The summed E-state index contributed by atoms with van der Waals surface area (Å²) in [6.07, 6.45) is 0.0489. The Kier molecular flexibility index (Phi) is 10.1. The number of alkyl halides is 2. The van der Waals surface area contributed by atoms with Crippen molar-refractivity contribution in [1.82, 2.24) is 10.2 Å². The van der Waals surface area contributed by atoms with E-state index in [-0.39, 0.29) is 6.54 Å². The number of halogens is 2. The summed E-state index contributed by atoms with van der Waals surface area (Å²) in [7, 11) is 0. The van der Waals surface area contributed by atoms with Crippen LogP contribution >= 0.6 is 0 Å². The maximum atomic E-state index is 13.7. The van der Waals surface area contributed by atoms with Crippen LogP contribution in [0.5, 0.6) is 11.5 Å². The van der Waals surface area contributed by atoms with Gasteiger partial charge in [0, 0.05) is 24.9 Å². The van der Waals surface area contributed by atoms with Gasteiger partial charge in [-0.3, -0.25) is 0 Å². The second-order valence-electron chi connectivity index (χ2n) is 9.87. The number of aryl methyl sites for hydroxylation is 1. The third-order valence-electron chi connectivity index (χ3n) is 6.96. The number of nitrogens with one attached hydrogen (secondary N) is 1. The summed E-state index contributed by atoms with van der Waals surface area (Å²) in [6, 6.07) is 11.5. The summed E-state index contributed by atoms with van der Waals surface area (Å²) >= 11 is 0. The van der Waals surface area contributed by atoms with Gasteiger partial charge < -0.3 is 29.9 Å². The molecule has 0 bridgehead atoms. The van der Waals surface area contributed by atoms with E-state index in [4.69, 9.17) is 9.47 Å². The minimum atomic E-state index is -3.17. The summed E-state index contributed by atoms with van der Waals surface area (Å²) in [4.78, 5) is 26.7. The highest BCUT2D eigenvalue weighted by Gasteiger charge is 2.62. The highest BCUT2D eigenvalue weighted by molar-refractivity contribution is 5.88. The van der Waals surface area contributed by atoms with Gasteiger partial charge >= 0.3 is 12.0 Å². The van der Waals surface area contributed by atoms with Gasteiger partial charge in [0.1, 0.15) is 11.5 Å². The lowest BCUT2D eigenvalue weighted by atomic mass is 9.73. The summed E-state index contributed by atoms with van der Waals surface area (Å²) in [5.41, 5.74) is 0.356. The Morgan fingerprint density at radius 2 is 1.64 bits per heavy atom. The molecule has 2 aromatic carbocycles. The Morgan fingerprint density at radius 1 is 1.05 bits per heavy atom. The number of urea groups is 1. The number of carboxylic acid groups (broad SMARTS) is 1. The number of carboxylic acids is 1. The molecule has 8 nitrogen and oxygen atoms in total. The molecule has 1 aliphatic rings. The Hall–Kier alpha value is -3.40. The number of carbonyl (C=O) groups is 2. The van der Waals surface area contributed by atoms with Crippen LogP contribution in [0, 0.1) is 6.92 Å². The molecule has 0 radical (unpaired) electrons. The first-order chi connectivity index (χ1) is 18.6. The van der Waals surface area contributed by atoms with Crippen molar-refractivity contribution < 1.29 is 38.1 Å². The van der Waals surface area contributed by atoms with E-state index < -0.39 is 49.0 Å². The molecule has 0 aromatic heterocycles. The number of unbranched alkanes of at least 4 members (excludes halogenated alkanes) is 1. The van der Waals surface area contributed by atoms with Crippen LogP contribution in [0.2, 0.25) is 0 Å². The van der Waals surface area contributed by atoms with Crippen LogP contribution in [-0.2, 0) is 11.2 Å². The first kappa shape index (κ1) is 30.1. The summed E-state index contributed by atoms with van der Waals surface area (Å²) in [6.45, 7) is 5.97. The van der Waals surface area contributed by atoms with Crippen molar-refractivity contribution >= 4 is 12.0 Å². The van der Waals surface area contributed by atoms with Crippen molar-refractivity contribution in [2.24, 2.45) is 0 Å². The monoisotopic (exact) mass is 548 g/mol. The zero-order chi connectivity index (χ0) is 28.6. The second-order valence-corrected chi connectivity index (χ2v) is 9.87. The predicted octanol–water partition coefficient (Wildman–Crippen LogP) is 5.11. The molecule has 0 heterocycles. The number of ether oxygens (including phenoxy) is 2. The number of aliphatic carboxylic acids is 1. The number of amides is 2. The fourth-order valence-electron chi connectivity index (χ4n) is 4.93. The first-order valence-corrected chi connectivity index (χ1v) is 13.3. The van der Waals surface area contributed by atoms with E-state index in [1.165, 1.54) is 4.90 Å². The minimum Gasteiger partial charge on any atom is -0.493 e. The largest absolute Gasteiger partial charge is 0.493 e. The lowest BCUT2D eigenvalue weighted by molar-refractivity contribution is -0.175. The van der Waals surface area contributed by atoms with Gasteiger partial charge in [0.15, 0.2) is 5.54 Å². The van der Waals surface area contributed by atoms with Gasteiger partial charge in [-0.1, -0.05) is 30.3 Å². The maximum absolute atomic E-state index is 13.7. The molecule has 214 valence electrons. The molecule has 0 saturated heterocycles.